The lowest BCUT2D eigenvalue weighted by Crippen LogP contribution is -2.28. The van der Waals surface area contributed by atoms with Crippen molar-refractivity contribution in [1.82, 2.24) is 9.55 Å². The van der Waals surface area contributed by atoms with E-state index in [9.17, 15) is 14.4 Å². The van der Waals surface area contributed by atoms with Gasteiger partial charge in [-0.2, -0.15) is 0 Å². The van der Waals surface area contributed by atoms with Crippen LogP contribution in [0, 0.1) is 6.92 Å². The molecule has 156 valence electrons. The summed E-state index contributed by atoms with van der Waals surface area (Å²) in [6, 6.07) is 16.2. The molecular formula is C23H19N3O4S. The summed E-state index contributed by atoms with van der Waals surface area (Å²) in [6.45, 7) is 1.72. The van der Waals surface area contributed by atoms with Crippen molar-refractivity contribution in [3.05, 3.63) is 81.7 Å². The highest BCUT2D eigenvalue weighted by Gasteiger charge is 2.18. The lowest BCUT2D eigenvalue weighted by Gasteiger charge is -2.10. The average molecular weight is 433 g/mol. The number of aromatic nitrogens is 2. The van der Waals surface area contributed by atoms with Crippen LogP contribution in [-0.2, 0) is 16.1 Å². The van der Waals surface area contributed by atoms with Crippen molar-refractivity contribution in [1.29, 1.82) is 0 Å². The zero-order valence-electron chi connectivity index (χ0n) is 16.9. The van der Waals surface area contributed by atoms with Crippen LogP contribution in [0.4, 0.5) is 5.69 Å². The molecule has 0 spiro atoms. The summed E-state index contributed by atoms with van der Waals surface area (Å²) in [5, 5.41) is 3.18. The molecule has 0 atom stereocenters. The third-order valence-electron chi connectivity index (χ3n) is 4.84. The Labute approximate surface area is 181 Å². The lowest BCUT2D eigenvalue weighted by atomic mass is 10.0. The van der Waals surface area contributed by atoms with Gasteiger partial charge in [0.1, 0.15) is 11.4 Å². The minimum absolute atomic E-state index is 0.235. The number of carbonyl (C=O) groups is 2. The number of hydrogen-bond donors (Lipinski definition) is 1. The quantitative estimate of drug-likeness (QED) is 0.483. The second-order valence-corrected chi connectivity index (χ2v) is 8.05. The molecule has 8 heteroatoms. The number of thiophene rings is 1. The third kappa shape index (κ3) is 3.97. The predicted molar refractivity (Wildman–Crippen MR) is 120 cm³/mol. The number of amides is 1. The van der Waals surface area contributed by atoms with Gasteiger partial charge in [0.2, 0.25) is 5.91 Å². The Balaban J connectivity index is 1.67. The highest BCUT2D eigenvalue weighted by molar-refractivity contribution is 7.19. The van der Waals surface area contributed by atoms with Gasteiger partial charge < -0.3 is 10.1 Å². The second-order valence-electron chi connectivity index (χ2n) is 6.84. The number of rotatable bonds is 5. The molecule has 0 aliphatic heterocycles. The maximum absolute atomic E-state index is 13.2. The van der Waals surface area contributed by atoms with Gasteiger partial charge in [-0.1, -0.05) is 42.5 Å². The second kappa shape index (κ2) is 8.53. The molecule has 0 saturated heterocycles. The zero-order chi connectivity index (χ0) is 22.0. The van der Waals surface area contributed by atoms with Gasteiger partial charge in [0, 0.05) is 10.4 Å². The van der Waals surface area contributed by atoms with Crippen molar-refractivity contribution in [3.8, 4) is 11.1 Å². The topological polar surface area (TPSA) is 90.3 Å². The van der Waals surface area contributed by atoms with E-state index >= 15 is 0 Å². The number of nitrogens with one attached hydrogen (secondary N) is 1. The Morgan fingerprint density at radius 3 is 2.55 bits per heavy atom. The van der Waals surface area contributed by atoms with E-state index in [1.165, 1.54) is 29.3 Å². The molecule has 4 rings (SSSR count). The number of benzene rings is 2. The van der Waals surface area contributed by atoms with Crippen LogP contribution in [0.1, 0.15) is 15.2 Å². The molecule has 4 aromatic rings. The number of aryl methyl sites for hydroxylation is 1. The van der Waals surface area contributed by atoms with Crippen molar-refractivity contribution in [2.24, 2.45) is 0 Å². The molecule has 0 radical (unpaired) electrons. The molecule has 0 saturated carbocycles. The van der Waals surface area contributed by atoms with Crippen LogP contribution in [0.3, 0.4) is 0 Å². The van der Waals surface area contributed by atoms with Crippen LogP contribution in [0.5, 0.6) is 0 Å². The van der Waals surface area contributed by atoms with Gasteiger partial charge in [-0.05, 0) is 24.6 Å². The van der Waals surface area contributed by atoms with E-state index in [1.54, 1.807) is 24.3 Å². The van der Waals surface area contributed by atoms with Crippen LogP contribution >= 0.6 is 11.3 Å². The highest BCUT2D eigenvalue weighted by atomic mass is 32.1. The molecule has 7 nitrogen and oxygen atoms in total. The number of methoxy groups -OCH3 is 1. The number of esters is 1. The molecule has 0 fully saturated rings. The summed E-state index contributed by atoms with van der Waals surface area (Å²) >= 11 is 1.45. The van der Waals surface area contributed by atoms with Gasteiger partial charge >= 0.3 is 5.97 Å². The number of fused-ring (bicyclic) bond motifs is 1. The molecule has 1 N–H and O–H groups in total. The number of carbonyl (C=O) groups excluding carboxylic acids is 2. The molecule has 0 aliphatic rings. The van der Waals surface area contributed by atoms with E-state index < -0.39 is 11.9 Å². The zero-order valence-corrected chi connectivity index (χ0v) is 17.7. The summed E-state index contributed by atoms with van der Waals surface area (Å²) < 4.78 is 6.02. The fourth-order valence-electron chi connectivity index (χ4n) is 3.43. The molecule has 0 aliphatic carbocycles. The fourth-order valence-corrected chi connectivity index (χ4v) is 4.43. The van der Waals surface area contributed by atoms with Crippen molar-refractivity contribution in [2.75, 3.05) is 12.4 Å². The summed E-state index contributed by atoms with van der Waals surface area (Å²) in [4.78, 5) is 43.8. The first-order valence-corrected chi connectivity index (χ1v) is 10.3. The van der Waals surface area contributed by atoms with Crippen LogP contribution in [0.15, 0.2) is 65.7 Å². The molecule has 2 aromatic heterocycles. The molecule has 1 amide bonds. The van der Waals surface area contributed by atoms with Gasteiger partial charge in [0.15, 0.2) is 0 Å². The largest absolute Gasteiger partial charge is 0.465 e. The van der Waals surface area contributed by atoms with E-state index in [0.717, 1.165) is 16.0 Å². The molecule has 2 heterocycles. The molecule has 0 unspecified atom stereocenters. The van der Waals surface area contributed by atoms with Crippen LogP contribution in [0.25, 0.3) is 21.3 Å². The SMILES string of the molecule is COC(=O)c1ccccc1NC(=O)Cn1cnc2sc(C)c(-c3ccccc3)c2c1=O. The van der Waals surface area contributed by atoms with E-state index in [2.05, 4.69) is 10.3 Å². The first kappa shape index (κ1) is 20.5. The maximum atomic E-state index is 13.2. The predicted octanol–water partition coefficient (Wildman–Crippen LogP) is 3.86. The highest BCUT2D eigenvalue weighted by Crippen LogP contribution is 2.35. The van der Waals surface area contributed by atoms with Gasteiger partial charge in [0.05, 0.1) is 30.1 Å². The van der Waals surface area contributed by atoms with Crippen LogP contribution in [-0.4, -0.2) is 28.5 Å². The van der Waals surface area contributed by atoms with Crippen LogP contribution in [0.2, 0.25) is 0 Å². The molecular weight excluding hydrogens is 414 g/mol. The normalized spacial score (nSPS) is 10.8. The summed E-state index contributed by atoms with van der Waals surface area (Å²) in [7, 11) is 1.27. The Kier molecular flexibility index (Phi) is 5.64. The maximum Gasteiger partial charge on any atom is 0.339 e. The average Bonchev–Trinajstić information content (AvgIpc) is 3.13. The number of para-hydroxylation sites is 1. The van der Waals surface area contributed by atoms with E-state index in [0.29, 0.717) is 15.9 Å². The minimum atomic E-state index is -0.558. The van der Waals surface area contributed by atoms with Gasteiger partial charge in [-0.3, -0.25) is 14.2 Å². The van der Waals surface area contributed by atoms with Crippen molar-refractivity contribution in [3.63, 3.8) is 0 Å². The van der Waals surface area contributed by atoms with Crippen molar-refractivity contribution in [2.45, 2.75) is 13.5 Å². The fraction of sp³-hybridized carbons (Fsp3) is 0.130. The lowest BCUT2D eigenvalue weighted by molar-refractivity contribution is -0.116. The Morgan fingerprint density at radius 1 is 1.10 bits per heavy atom. The molecule has 0 bridgehead atoms. The first-order chi connectivity index (χ1) is 15.0. The van der Waals surface area contributed by atoms with Gasteiger partial charge in [-0.15, -0.1) is 11.3 Å². The Morgan fingerprint density at radius 2 is 1.81 bits per heavy atom. The monoisotopic (exact) mass is 433 g/mol. The number of anilines is 1. The van der Waals surface area contributed by atoms with Crippen molar-refractivity contribution >= 4 is 39.1 Å². The summed E-state index contributed by atoms with van der Waals surface area (Å²) in [6.07, 6.45) is 1.38. The van der Waals surface area contributed by atoms with Crippen LogP contribution < -0.4 is 10.9 Å². The smallest absolute Gasteiger partial charge is 0.339 e. The first-order valence-electron chi connectivity index (χ1n) is 9.50. The third-order valence-corrected chi connectivity index (χ3v) is 5.85. The molecule has 31 heavy (non-hydrogen) atoms. The summed E-state index contributed by atoms with van der Waals surface area (Å²) in [5.41, 5.74) is 2.03. The molecule has 2 aromatic carbocycles. The number of ether oxygens (including phenoxy) is 1. The Bertz CT molecular complexity index is 1340. The Hall–Kier alpha value is -3.78. The standard InChI is InChI=1S/C23H19N3O4S/c1-14-19(15-8-4-3-5-9-15)20-21(31-14)24-13-26(22(20)28)12-18(27)25-17-11-7-6-10-16(17)23(29)30-2/h3-11,13H,12H2,1-2H3,(H,25,27). The summed E-state index contributed by atoms with van der Waals surface area (Å²) in [5.74, 6) is -1.01. The number of hydrogen-bond acceptors (Lipinski definition) is 6. The number of nitrogens with zero attached hydrogens (tertiary/aromatic N) is 2. The van der Waals surface area contributed by atoms with Gasteiger partial charge in [0.25, 0.3) is 5.56 Å². The van der Waals surface area contributed by atoms with Gasteiger partial charge in [-0.25, -0.2) is 9.78 Å². The van der Waals surface area contributed by atoms with E-state index in [1.807, 2.05) is 37.3 Å². The van der Waals surface area contributed by atoms with E-state index in [4.69, 9.17) is 4.74 Å². The van der Waals surface area contributed by atoms with Crippen molar-refractivity contribution < 1.29 is 14.3 Å². The minimum Gasteiger partial charge on any atom is -0.465 e. The van der Waals surface area contributed by atoms with E-state index in [-0.39, 0.29) is 17.7 Å².